The second-order valence-electron chi connectivity index (χ2n) is 27.5. The summed E-state index contributed by atoms with van der Waals surface area (Å²) in [7, 11) is 3.08. The molecule has 26 heteroatoms. The van der Waals surface area contributed by atoms with Crippen LogP contribution in [0.1, 0.15) is 127 Å². The van der Waals surface area contributed by atoms with Crippen LogP contribution in [0.5, 0.6) is 34.5 Å². The number of fused-ring (bicyclic) bond motifs is 5. The van der Waals surface area contributed by atoms with Crippen molar-refractivity contribution in [3.63, 3.8) is 0 Å². The molecule has 4 amide bonds. The molecule has 4 aromatic carbocycles. The summed E-state index contributed by atoms with van der Waals surface area (Å²) in [4.78, 5) is 107. The second-order valence-corrected chi connectivity index (χ2v) is 27.5. The molecule has 2 N–H and O–H groups in total. The first-order chi connectivity index (χ1) is 53.5. The van der Waals surface area contributed by atoms with Crippen molar-refractivity contribution >= 4 is 70.1 Å². The fourth-order valence-corrected chi connectivity index (χ4v) is 13.2. The lowest BCUT2D eigenvalue weighted by atomic mass is 9.88. The summed E-state index contributed by atoms with van der Waals surface area (Å²) in [6.07, 6.45) is 17.5. The second kappa shape index (κ2) is 43.1. The molecular weight excluding hydrogens is 1420 g/mol. The van der Waals surface area contributed by atoms with E-state index in [0.29, 0.717) is 195 Å². The summed E-state index contributed by atoms with van der Waals surface area (Å²) in [5.41, 5.74) is 10.5. The van der Waals surface area contributed by atoms with Gasteiger partial charge in [0, 0.05) is 57.0 Å². The number of carbonyl (C=O) groups excluding carboxylic acids is 8. The zero-order valence-electron chi connectivity index (χ0n) is 63.5. The molecule has 4 aromatic rings. The summed E-state index contributed by atoms with van der Waals surface area (Å²) in [6, 6.07) is 19.7. The van der Waals surface area contributed by atoms with Crippen molar-refractivity contribution in [2.75, 3.05) is 146 Å². The predicted molar refractivity (Wildman–Crippen MR) is 407 cm³/mol. The van der Waals surface area contributed by atoms with Crippen molar-refractivity contribution in [1.29, 1.82) is 0 Å². The summed E-state index contributed by atoms with van der Waals surface area (Å²) in [5.74, 6) is 0.567. The number of aryl methyl sites for hydroxylation is 1. The Labute approximate surface area is 642 Å². The highest BCUT2D eigenvalue weighted by Crippen LogP contribution is 2.42. The number of allylic oxidation sites excluding steroid dienone is 2. The highest BCUT2D eigenvalue weighted by Gasteiger charge is 2.36. The number of carbonyl (C=O) groups is 8. The lowest BCUT2D eigenvalue weighted by Crippen LogP contribution is -2.43. The number of ketones is 4. The van der Waals surface area contributed by atoms with Crippen LogP contribution in [0, 0.1) is 17.8 Å². The quantitative estimate of drug-likeness (QED) is 0.0236. The monoisotopic (exact) mass is 1520 g/mol. The molecule has 110 heavy (non-hydrogen) atoms. The fourth-order valence-electron chi connectivity index (χ4n) is 13.2. The van der Waals surface area contributed by atoms with Gasteiger partial charge in [-0.15, -0.1) is 5.73 Å². The third-order valence-electron chi connectivity index (χ3n) is 19.5. The Hall–Kier alpha value is -9.60. The summed E-state index contributed by atoms with van der Waals surface area (Å²) < 4.78 is 79.3. The Morgan fingerprint density at radius 1 is 0.545 bits per heavy atom. The minimum absolute atomic E-state index is 0.00546. The van der Waals surface area contributed by atoms with E-state index in [-0.39, 0.29) is 123 Å². The topological polar surface area (TPSA) is 296 Å². The molecule has 0 aromatic heterocycles. The van der Waals surface area contributed by atoms with Crippen molar-refractivity contribution in [2.24, 2.45) is 17.8 Å². The number of methoxy groups -OCH3 is 2. The molecule has 0 saturated carbocycles. The number of hydrogen-bond donors (Lipinski definition) is 2. The highest BCUT2D eigenvalue weighted by atomic mass is 16.7. The van der Waals surface area contributed by atoms with Crippen LogP contribution in [-0.4, -0.2) is 221 Å². The summed E-state index contributed by atoms with van der Waals surface area (Å²) in [6.45, 7) is 12.7. The van der Waals surface area contributed by atoms with E-state index >= 15 is 0 Å². The number of ether oxygens (including phenoxy) is 14. The smallest absolute Gasteiger partial charge is 0.259 e. The Balaban J connectivity index is 0.532. The number of amides is 4. The van der Waals surface area contributed by atoms with Gasteiger partial charge in [0.15, 0.2) is 51.8 Å². The van der Waals surface area contributed by atoms with Gasteiger partial charge in [0.05, 0.1) is 168 Å². The van der Waals surface area contributed by atoms with Crippen LogP contribution in [0.2, 0.25) is 0 Å². The van der Waals surface area contributed by atoms with Gasteiger partial charge in [-0.3, -0.25) is 38.4 Å². The first-order valence-corrected chi connectivity index (χ1v) is 37.9. The van der Waals surface area contributed by atoms with Gasteiger partial charge >= 0.3 is 0 Å². The SMILES string of the molecule is COc1cc2c(cc1OCCCOc1cc3c(cc1OC)C(=O)N1C=C(c4ccc5c(c4)OCO5)C[C@H]1C=C=C3)C=C[C@@H]1CC(c3ccc(CCC(=O)[C@H](C)NC(=O)C(CCC(=O)CCOCCOCCOCCOCCOCCOCCOCCOCCNC(=O)CCC4C(=O)C=CC4=O)C(C)C)cc3)=CN1C2=O. The van der Waals surface area contributed by atoms with Crippen LogP contribution < -0.4 is 39.1 Å². The van der Waals surface area contributed by atoms with Gasteiger partial charge in [0.1, 0.15) is 5.78 Å². The Bertz CT molecular complexity index is 4020. The van der Waals surface area contributed by atoms with Gasteiger partial charge in [-0.05, 0) is 145 Å². The van der Waals surface area contributed by atoms with E-state index in [1.54, 1.807) is 55.2 Å². The number of rotatable bonds is 50. The molecule has 590 valence electrons. The average molecular weight is 1520 g/mol. The lowest BCUT2D eigenvalue weighted by Gasteiger charge is -2.23. The summed E-state index contributed by atoms with van der Waals surface area (Å²) in [5, 5.41) is 5.62. The molecule has 10 rings (SSSR count). The largest absolute Gasteiger partial charge is 0.493 e. The van der Waals surface area contributed by atoms with Gasteiger partial charge in [-0.1, -0.05) is 56.3 Å². The van der Waals surface area contributed by atoms with Crippen LogP contribution in [0.3, 0.4) is 0 Å². The number of hydrogen-bond acceptors (Lipinski definition) is 22. The van der Waals surface area contributed by atoms with E-state index in [4.69, 9.17) is 66.3 Å². The third kappa shape index (κ3) is 24.2. The molecule has 0 bridgehead atoms. The van der Waals surface area contributed by atoms with Crippen LogP contribution in [0.15, 0.2) is 109 Å². The van der Waals surface area contributed by atoms with Crippen molar-refractivity contribution in [3.8, 4) is 34.5 Å². The zero-order valence-corrected chi connectivity index (χ0v) is 63.5. The van der Waals surface area contributed by atoms with Gasteiger partial charge in [0.2, 0.25) is 18.6 Å². The fraction of sp³-hybridized carbons (Fsp3) is 0.488. The van der Waals surface area contributed by atoms with Crippen LogP contribution in [-0.2, 0) is 73.1 Å². The van der Waals surface area contributed by atoms with E-state index in [2.05, 4.69) is 16.4 Å². The molecule has 0 fully saturated rings. The normalized spacial score (nSPS) is 16.6. The first kappa shape index (κ1) is 82.9. The minimum Gasteiger partial charge on any atom is -0.493 e. The minimum atomic E-state index is -0.730. The molecule has 1 unspecified atom stereocenters. The van der Waals surface area contributed by atoms with E-state index in [0.717, 1.165) is 27.8 Å². The van der Waals surface area contributed by atoms with E-state index in [1.807, 2.05) is 93.0 Å². The third-order valence-corrected chi connectivity index (χ3v) is 19.5. The molecule has 26 nitrogen and oxygen atoms in total. The van der Waals surface area contributed by atoms with Crippen molar-refractivity contribution in [3.05, 3.63) is 148 Å². The van der Waals surface area contributed by atoms with Gasteiger partial charge in [-0.25, -0.2) is 0 Å². The molecule has 4 atom stereocenters. The molecule has 0 radical (unpaired) electrons. The molecule has 0 saturated heterocycles. The van der Waals surface area contributed by atoms with Crippen molar-refractivity contribution in [2.45, 2.75) is 103 Å². The standard InChI is InChI=1S/C84H102N4O22/c1-56(2)68(19-18-67(89)26-30-99-32-34-101-36-38-103-40-42-105-44-45-106-43-41-104-39-37-102-35-33-100-31-27-85-81(93)25-20-69-73(91)22-23-74(69)92)82(94)86-57(3)72(90)21-12-58-10-13-59(14-11-58)63-46-66-17-15-62-50-80(77(98-5)52-71(62)84(96)88(66)53-63)108-29-7-28-107-79-49-61-8-6-9-65-47-64(60-16-24-75-78(48-60)110-55-109-75)54-87(65)83(95)70(61)51-76(79)97-4/h8-11,13-17,22-24,48-54,56-57,65-66,68-69H,7,12,18-21,25-47,55H2,1-5H3,(H,85,93)(H,86,94)/t6?,57-,65+,66+,68?/m0/s1. The van der Waals surface area contributed by atoms with Crippen LogP contribution in [0.25, 0.3) is 23.3 Å². The van der Waals surface area contributed by atoms with Crippen molar-refractivity contribution < 1.29 is 105 Å². The van der Waals surface area contributed by atoms with Gasteiger partial charge in [-0.2, -0.15) is 0 Å². The maximum atomic E-state index is 14.3. The Morgan fingerprint density at radius 2 is 1.07 bits per heavy atom. The Morgan fingerprint density at radius 3 is 1.66 bits per heavy atom. The molecule has 5 aliphatic heterocycles. The predicted octanol–water partition coefficient (Wildman–Crippen LogP) is 9.37. The van der Waals surface area contributed by atoms with Crippen molar-refractivity contribution in [1.82, 2.24) is 20.4 Å². The maximum Gasteiger partial charge on any atom is 0.259 e. The zero-order chi connectivity index (χ0) is 77.6. The number of benzene rings is 4. The summed E-state index contributed by atoms with van der Waals surface area (Å²) >= 11 is 0. The van der Waals surface area contributed by atoms with Gasteiger partial charge in [0.25, 0.3) is 11.8 Å². The lowest BCUT2D eigenvalue weighted by molar-refractivity contribution is -0.131. The van der Waals surface area contributed by atoms with Gasteiger partial charge < -0.3 is 86.7 Å². The first-order valence-electron chi connectivity index (χ1n) is 37.9. The number of nitrogens with zero attached hydrogens (tertiary/aromatic N) is 2. The molecular formula is C84H102N4O22. The Kier molecular flexibility index (Phi) is 32.5. The van der Waals surface area contributed by atoms with Crippen LogP contribution >= 0.6 is 0 Å². The van der Waals surface area contributed by atoms with E-state index in [1.165, 1.54) is 12.2 Å². The van der Waals surface area contributed by atoms with E-state index in [9.17, 15) is 38.4 Å². The molecule has 5 heterocycles. The molecule has 6 aliphatic rings. The maximum absolute atomic E-state index is 14.3. The van der Waals surface area contributed by atoms with Crippen LogP contribution in [0.4, 0.5) is 0 Å². The highest BCUT2D eigenvalue weighted by molar-refractivity contribution is 6.18. The van der Waals surface area contributed by atoms with E-state index < -0.39 is 17.9 Å². The number of nitrogens with one attached hydrogen (secondary N) is 2. The molecule has 1 aliphatic carbocycles. The number of Topliss-reactive ketones (excluding diaryl/α,β-unsaturated/α-hetero) is 2. The molecule has 0 spiro atoms. The average Bonchev–Trinajstić information content (AvgIpc) is 1.58.